The minimum absolute atomic E-state index is 0.173. The Morgan fingerprint density at radius 1 is 1.29 bits per heavy atom. The van der Waals surface area contributed by atoms with Gasteiger partial charge >= 0.3 is 0 Å². The van der Waals surface area contributed by atoms with Crippen LogP contribution in [0.2, 0.25) is 0 Å². The number of carbonyl (C=O) groups excluding carboxylic acids is 1. The van der Waals surface area contributed by atoms with Crippen LogP contribution in [-0.2, 0) is 5.54 Å². The average molecular weight is 396 g/mol. The summed E-state index contributed by atoms with van der Waals surface area (Å²) in [5.74, 6) is 0.495. The molecule has 0 bridgehead atoms. The normalized spacial score (nSPS) is 24.3. The van der Waals surface area contributed by atoms with Crippen LogP contribution >= 0.6 is 11.8 Å². The summed E-state index contributed by atoms with van der Waals surface area (Å²) < 4.78 is 14.8. The van der Waals surface area contributed by atoms with E-state index in [1.807, 2.05) is 36.4 Å². The van der Waals surface area contributed by atoms with Crippen LogP contribution in [0.25, 0.3) is 0 Å². The molecule has 144 valence electrons. The van der Waals surface area contributed by atoms with E-state index in [1.165, 1.54) is 17.8 Å². The average Bonchev–Trinajstić information content (AvgIpc) is 3.07. The van der Waals surface area contributed by atoms with Crippen LogP contribution in [-0.4, -0.2) is 41.4 Å². The van der Waals surface area contributed by atoms with Gasteiger partial charge in [-0.05, 0) is 18.2 Å². The molecule has 1 fully saturated rings. The Morgan fingerprint density at radius 2 is 2.04 bits per heavy atom. The monoisotopic (exact) mass is 395 g/mol. The third kappa shape index (κ3) is 3.50. The van der Waals surface area contributed by atoms with E-state index >= 15 is 0 Å². The molecule has 0 saturated carbocycles. The van der Waals surface area contributed by atoms with Crippen molar-refractivity contribution in [1.29, 1.82) is 0 Å². The van der Waals surface area contributed by atoms with Crippen LogP contribution in [0.15, 0.2) is 72.2 Å². The van der Waals surface area contributed by atoms with Gasteiger partial charge in [0, 0.05) is 42.4 Å². The lowest BCUT2D eigenvalue weighted by molar-refractivity contribution is 0.0977. The molecule has 1 N–H and O–H groups in total. The fourth-order valence-corrected chi connectivity index (χ4v) is 5.16. The number of amidine groups is 1. The van der Waals surface area contributed by atoms with E-state index in [2.05, 4.69) is 16.8 Å². The van der Waals surface area contributed by atoms with Gasteiger partial charge in [-0.1, -0.05) is 54.2 Å². The number of carbonyl (C=O) groups is 1. The molecule has 2 atom stereocenters. The number of aliphatic imine (C=N–C) groups is 1. The smallest absolute Gasteiger partial charge is 0.257 e. The quantitative estimate of drug-likeness (QED) is 0.804. The van der Waals surface area contributed by atoms with Crippen LogP contribution in [0.4, 0.5) is 4.39 Å². The third-order valence-corrected chi connectivity index (χ3v) is 6.36. The summed E-state index contributed by atoms with van der Waals surface area (Å²) in [6.45, 7) is 6.00. The molecule has 1 saturated heterocycles. The number of thioether (sulfide) groups is 1. The molecule has 2 aliphatic rings. The number of hydrogen-bond acceptors (Lipinski definition) is 4. The number of fused-ring (bicyclic) bond motifs is 1. The van der Waals surface area contributed by atoms with Gasteiger partial charge in [-0.2, -0.15) is 0 Å². The molecule has 0 radical (unpaired) electrons. The molecule has 2 aliphatic heterocycles. The van der Waals surface area contributed by atoms with Gasteiger partial charge in [-0.3, -0.25) is 9.69 Å². The van der Waals surface area contributed by atoms with Crippen molar-refractivity contribution in [3.05, 3.63) is 84.2 Å². The maximum atomic E-state index is 14.8. The van der Waals surface area contributed by atoms with Crippen molar-refractivity contribution in [2.45, 2.75) is 5.54 Å². The largest absolute Gasteiger partial charge is 0.301 e. The molecular formula is C22H22FN3OS. The lowest BCUT2D eigenvalue weighted by atomic mass is 9.81. The SMILES string of the molecule is C=CCN1C[C@H]2CSC(NC(=O)c3ccccc3)=N[C@@]2(c2ccccc2F)C1. The highest BCUT2D eigenvalue weighted by molar-refractivity contribution is 8.13. The molecule has 6 heteroatoms. The second-order valence-corrected chi connectivity index (χ2v) is 8.14. The van der Waals surface area contributed by atoms with Crippen molar-refractivity contribution in [2.75, 3.05) is 25.4 Å². The standard InChI is InChI=1S/C22H22FN3OS/c1-2-12-26-13-17-14-28-21(24-20(27)16-8-4-3-5-9-16)25-22(17,15-26)18-10-6-7-11-19(18)23/h2-11,17H,1,12-15H2,(H,24,25,27)/t17-,22-/m0/s1. The van der Waals surface area contributed by atoms with Gasteiger partial charge in [0.25, 0.3) is 5.91 Å². The highest BCUT2D eigenvalue weighted by Gasteiger charge is 2.51. The van der Waals surface area contributed by atoms with Gasteiger partial charge in [-0.15, -0.1) is 6.58 Å². The zero-order valence-electron chi connectivity index (χ0n) is 15.5. The van der Waals surface area contributed by atoms with Crippen molar-refractivity contribution >= 4 is 22.8 Å². The third-order valence-electron chi connectivity index (χ3n) is 5.32. The molecule has 2 heterocycles. The molecule has 28 heavy (non-hydrogen) atoms. The minimum atomic E-state index is -0.696. The van der Waals surface area contributed by atoms with Gasteiger partial charge in [0.05, 0.1) is 0 Å². The molecule has 0 aliphatic carbocycles. The fourth-order valence-electron chi connectivity index (χ4n) is 4.03. The summed E-state index contributed by atoms with van der Waals surface area (Å²) in [5, 5.41) is 3.47. The van der Waals surface area contributed by atoms with Gasteiger partial charge in [0.2, 0.25) is 0 Å². The van der Waals surface area contributed by atoms with E-state index < -0.39 is 5.54 Å². The highest BCUT2D eigenvalue weighted by atomic mass is 32.2. The van der Waals surface area contributed by atoms with E-state index in [1.54, 1.807) is 18.2 Å². The number of benzene rings is 2. The molecule has 0 spiro atoms. The second-order valence-electron chi connectivity index (χ2n) is 7.13. The number of likely N-dealkylation sites (tertiary alicyclic amines) is 1. The number of nitrogens with one attached hydrogen (secondary N) is 1. The van der Waals surface area contributed by atoms with Crippen molar-refractivity contribution < 1.29 is 9.18 Å². The Balaban J connectivity index is 1.69. The number of hydrogen-bond donors (Lipinski definition) is 1. The summed E-state index contributed by atoms with van der Waals surface area (Å²) in [6.07, 6.45) is 1.86. The van der Waals surface area contributed by atoms with E-state index in [9.17, 15) is 9.18 Å². The Bertz CT molecular complexity index is 917. The first-order valence-electron chi connectivity index (χ1n) is 9.30. The first-order chi connectivity index (χ1) is 13.6. The molecule has 1 amide bonds. The van der Waals surface area contributed by atoms with E-state index in [0.29, 0.717) is 22.8 Å². The van der Waals surface area contributed by atoms with Gasteiger partial charge in [0.1, 0.15) is 11.4 Å². The van der Waals surface area contributed by atoms with Crippen molar-refractivity contribution in [1.82, 2.24) is 10.2 Å². The summed E-state index contributed by atoms with van der Waals surface area (Å²) in [4.78, 5) is 19.8. The lowest BCUT2D eigenvalue weighted by Gasteiger charge is -2.35. The summed E-state index contributed by atoms with van der Waals surface area (Å²) >= 11 is 1.52. The van der Waals surface area contributed by atoms with Crippen LogP contribution in [0.3, 0.4) is 0 Å². The van der Waals surface area contributed by atoms with Crippen LogP contribution in [0, 0.1) is 11.7 Å². The van der Waals surface area contributed by atoms with Gasteiger partial charge in [0.15, 0.2) is 5.17 Å². The molecule has 4 nitrogen and oxygen atoms in total. The molecule has 0 aromatic heterocycles. The highest BCUT2D eigenvalue weighted by Crippen LogP contribution is 2.46. The molecule has 4 rings (SSSR count). The maximum absolute atomic E-state index is 14.8. The van der Waals surface area contributed by atoms with Crippen LogP contribution in [0.5, 0.6) is 0 Å². The molecule has 2 aromatic carbocycles. The number of rotatable bonds is 4. The second kappa shape index (κ2) is 7.89. The van der Waals surface area contributed by atoms with Crippen molar-refractivity contribution in [3.63, 3.8) is 0 Å². The summed E-state index contributed by atoms with van der Waals surface area (Å²) in [7, 11) is 0. The summed E-state index contributed by atoms with van der Waals surface area (Å²) in [6, 6.07) is 15.9. The van der Waals surface area contributed by atoms with Gasteiger partial charge in [-0.25, -0.2) is 9.38 Å². The minimum Gasteiger partial charge on any atom is -0.301 e. The van der Waals surface area contributed by atoms with E-state index in [-0.39, 0.29) is 17.6 Å². The predicted molar refractivity (Wildman–Crippen MR) is 112 cm³/mol. The Morgan fingerprint density at radius 3 is 2.79 bits per heavy atom. The predicted octanol–water partition coefficient (Wildman–Crippen LogP) is 3.67. The number of halogens is 1. The zero-order valence-corrected chi connectivity index (χ0v) is 16.3. The van der Waals surface area contributed by atoms with E-state index in [4.69, 9.17) is 4.99 Å². The van der Waals surface area contributed by atoms with Crippen LogP contribution < -0.4 is 5.32 Å². The van der Waals surface area contributed by atoms with Crippen LogP contribution in [0.1, 0.15) is 15.9 Å². The Kier molecular flexibility index (Phi) is 5.33. The molecular weight excluding hydrogens is 373 g/mol. The maximum Gasteiger partial charge on any atom is 0.257 e. The Hall–Kier alpha value is -2.44. The first-order valence-corrected chi connectivity index (χ1v) is 10.3. The summed E-state index contributed by atoms with van der Waals surface area (Å²) in [5.41, 5.74) is 0.477. The lowest BCUT2D eigenvalue weighted by Crippen LogP contribution is -2.43. The fraction of sp³-hybridized carbons (Fsp3) is 0.273. The molecule has 2 aromatic rings. The first kappa shape index (κ1) is 18.9. The van der Waals surface area contributed by atoms with Crippen molar-refractivity contribution in [2.24, 2.45) is 10.9 Å². The number of amides is 1. The molecule has 0 unspecified atom stereocenters. The van der Waals surface area contributed by atoms with Crippen molar-refractivity contribution in [3.8, 4) is 0 Å². The zero-order chi connectivity index (χ0) is 19.6. The van der Waals surface area contributed by atoms with E-state index in [0.717, 1.165) is 18.8 Å². The topological polar surface area (TPSA) is 44.7 Å². The number of nitrogens with zero attached hydrogens (tertiary/aromatic N) is 2. The van der Waals surface area contributed by atoms with Gasteiger partial charge < -0.3 is 5.32 Å². The Labute approximate surface area is 168 Å².